The molecule has 4 atom stereocenters. The van der Waals surface area contributed by atoms with Gasteiger partial charge in [-0.1, -0.05) is 118 Å². The van der Waals surface area contributed by atoms with Gasteiger partial charge in [-0.05, 0) is 101 Å². The third-order valence-corrected chi connectivity index (χ3v) is 10.7. The van der Waals surface area contributed by atoms with Crippen molar-refractivity contribution in [3.05, 3.63) is 70.8 Å². The van der Waals surface area contributed by atoms with E-state index in [1.807, 2.05) is 0 Å². The molecule has 0 saturated heterocycles. The first-order valence-electron chi connectivity index (χ1n) is 16.8. The smallest absolute Gasteiger partial charge is 0.327 e. The molecule has 0 fully saturated rings. The average molecular weight is 665 g/mol. The van der Waals surface area contributed by atoms with Gasteiger partial charge in [-0.25, -0.2) is 0 Å². The van der Waals surface area contributed by atoms with Gasteiger partial charge < -0.3 is 28.6 Å². The molecule has 0 aliphatic heterocycles. The lowest BCUT2D eigenvalue weighted by Gasteiger charge is -2.46. The first kappa shape index (κ1) is 40.2. The normalized spacial score (nSPS) is 16.9. The van der Waals surface area contributed by atoms with Gasteiger partial charge in [-0.3, -0.25) is 0 Å². The predicted molar refractivity (Wildman–Crippen MR) is 190 cm³/mol. The van der Waals surface area contributed by atoms with Crippen LogP contribution >= 0.6 is 17.2 Å². The third kappa shape index (κ3) is 11.6. The Morgan fingerprint density at radius 2 is 0.911 bits per heavy atom. The fourth-order valence-corrected chi connectivity index (χ4v) is 8.14. The first-order valence-corrected chi connectivity index (χ1v) is 19.1. The van der Waals surface area contributed by atoms with Crippen LogP contribution in [0.25, 0.3) is 0 Å². The zero-order valence-electron chi connectivity index (χ0n) is 29.6. The largest absolute Gasteiger partial charge is 0.328 e. The lowest BCUT2D eigenvalue weighted by molar-refractivity contribution is 0.00649. The van der Waals surface area contributed by atoms with E-state index in [0.29, 0.717) is 6.42 Å². The molecule has 2 rings (SSSR count). The molecule has 0 aliphatic carbocycles. The van der Waals surface area contributed by atoms with Gasteiger partial charge in [0.25, 0.3) is 0 Å². The molecule has 4 unspecified atom stereocenters. The molecule has 0 heterocycles. The van der Waals surface area contributed by atoms with Crippen molar-refractivity contribution in [3.8, 4) is 0 Å². The van der Waals surface area contributed by atoms with Crippen LogP contribution in [0.15, 0.2) is 48.5 Å². The molecule has 0 aliphatic rings. The van der Waals surface area contributed by atoms with Crippen LogP contribution in [0.3, 0.4) is 0 Å². The fourth-order valence-electron chi connectivity index (χ4n) is 7.36. The number of benzene rings is 2. The predicted octanol–water partition coefficient (Wildman–Crippen LogP) is 10.4. The highest BCUT2D eigenvalue weighted by molar-refractivity contribution is 7.39. The Balaban J connectivity index is 2.69. The van der Waals surface area contributed by atoms with Crippen molar-refractivity contribution in [2.24, 2.45) is 10.8 Å². The van der Waals surface area contributed by atoms with Crippen molar-refractivity contribution in [3.63, 3.8) is 0 Å². The average Bonchev–Trinajstić information content (AvgIpc) is 2.99. The molecule has 4 N–H and O–H groups in total. The minimum atomic E-state index is -2.52. The molecule has 8 heteroatoms. The first-order chi connectivity index (χ1) is 21.0. The van der Waals surface area contributed by atoms with Gasteiger partial charge in [-0.15, -0.1) is 0 Å². The molecule has 256 valence electrons. The Labute approximate surface area is 277 Å². The molecular formula is C37H62O6P2. The molecular weight excluding hydrogens is 602 g/mol. The lowest BCUT2D eigenvalue weighted by atomic mass is 9.61. The maximum absolute atomic E-state index is 9.95. The second kappa shape index (κ2) is 17.5. The van der Waals surface area contributed by atoms with Crippen molar-refractivity contribution in [2.45, 2.75) is 137 Å². The summed E-state index contributed by atoms with van der Waals surface area (Å²) < 4.78 is 11.4. The highest BCUT2D eigenvalue weighted by atomic mass is 31.2. The van der Waals surface area contributed by atoms with Gasteiger partial charge >= 0.3 is 17.2 Å². The van der Waals surface area contributed by atoms with E-state index in [4.69, 9.17) is 9.05 Å². The van der Waals surface area contributed by atoms with Gasteiger partial charge in [0.15, 0.2) is 0 Å². The molecule has 6 nitrogen and oxygen atoms in total. The molecule has 0 spiro atoms. The molecule has 45 heavy (non-hydrogen) atoms. The van der Waals surface area contributed by atoms with Crippen LogP contribution < -0.4 is 0 Å². The van der Waals surface area contributed by atoms with E-state index < -0.39 is 28.0 Å². The summed E-state index contributed by atoms with van der Waals surface area (Å²) in [4.78, 5) is 39.8. The summed E-state index contributed by atoms with van der Waals surface area (Å²) in [7, 11) is -5.05. The highest BCUT2D eigenvalue weighted by Crippen LogP contribution is 2.53. The fraction of sp³-hybridized carbons (Fsp3) is 0.676. The van der Waals surface area contributed by atoms with E-state index in [2.05, 4.69) is 118 Å². The maximum Gasteiger partial charge on any atom is 0.327 e. The molecule has 2 aromatic rings. The molecule has 0 bridgehead atoms. The lowest BCUT2D eigenvalue weighted by Crippen LogP contribution is -2.39. The summed E-state index contributed by atoms with van der Waals surface area (Å²) in [5.41, 5.74) is 4.46. The molecule has 0 saturated carbocycles. The number of rotatable bonds is 18. The number of hydrogen-bond acceptors (Lipinski definition) is 6. The van der Waals surface area contributed by atoms with E-state index in [1.54, 1.807) is 0 Å². The van der Waals surface area contributed by atoms with Gasteiger partial charge in [0.05, 0.1) is 13.2 Å². The molecule has 0 aromatic heterocycles. The highest BCUT2D eigenvalue weighted by Gasteiger charge is 2.44. The van der Waals surface area contributed by atoms with Crippen LogP contribution in [0.1, 0.15) is 148 Å². The Morgan fingerprint density at radius 3 is 1.18 bits per heavy atom. The minimum Gasteiger partial charge on any atom is -0.328 e. The zero-order valence-corrected chi connectivity index (χ0v) is 31.4. The molecule has 2 aromatic carbocycles. The SMILES string of the molecule is CCC(CC(CC)(COP(O)O)CC(CC)(COP(O)O)CC(CC)c1ccccc1C(C)(C)C)c1ccccc1C(C)(C)C. The second-order valence-corrected chi connectivity index (χ2v) is 16.8. The third-order valence-electron chi connectivity index (χ3n) is 9.98. The summed E-state index contributed by atoms with van der Waals surface area (Å²) in [5, 5.41) is 0. The van der Waals surface area contributed by atoms with Crippen LogP contribution in [0, 0.1) is 10.8 Å². The summed E-state index contributed by atoms with van der Waals surface area (Å²) >= 11 is 0. The van der Waals surface area contributed by atoms with E-state index in [1.165, 1.54) is 22.3 Å². The van der Waals surface area contributed by atoms with Crippen molar-refractivity contribution in [1.29, 1.82) is 0 Å². The Morgan fingerprint density at radius 1 is 0.578 bits per heavy atom. The standard InChI is InChI=1S/C37H62O6P2/c1-11-28(30-19-15-17-21-32(30)34(5,6)7)23-36(13-3,26-42-44(38)39)25-37(14-4,27-43-45(40)41)24-29(12-2)31-20-16-18-22-33(31)35(8,9)10/h15-22,28-29,38-41H,11-14,23-27H2,1-10H3. The van der Waals surface area contributed by atoms with Crippen LogP contribution in [0.5, 0.6) is 0 Å². The van der Waals surface area contributed by atoms with Crippen LogP contribution in [-0.2, 0) is 19.9 Å². The Kier molecular flexibility index (Phi) is 15.6. The summed E-state index contributed by atoms with van der Waals surface area (Å²) in [6, 6.07) is 17.4. The quantitative estimate of drug-likeness (QED) is 0.118. The van der Waals surface area contributed by atoms with Gasteiger partial charge in [-0.2, -0.15) is 0 Å². The van der Waals surface area contributed by atoms with Crippen molar-refractivity contribution >= 4 is 17.2 Å². The summed E-state index contributed by atoms with van der Waals surface area (Å²) in [5.74, 6) is 0.471. The van der Waals surface area contributed by atoms with E-state index >= 15 is 0 Å². The molecule has 0 amide bonds. The minimum absolute atomic E-state index is 0.0187. The van der Waals surface area contributed by atoms with E-state index in [9.17, 15) is 19.6 Å². The van der Waals surface area contributed by atoms with Crippen molar-refractivity contribution in [1.82, 2.24) is 0 Å². The Bertz CT molecular complexity index is 1070. The second-order valence-electron chi connectivity index (χ2n) is 15.2. The topological polar surface area (TPSA) is 99.4 Å². The number of hydrogen-bond donors (Lipinski definition) is 4. The summed E-state index contributed by atoms with van der Waals surface area (Å²) in [6.07, 6.45) is 5.73. The van der Waals surface area contributed by atoms with Crippen molar-refractivity contribution in [2.75, 3.05) is 13.2 Å². The van der Waals surface area contributed by atoms with Gasteiger partial charge in [0.2, 0.25) is 0 Å². The van der Waals surface area contributed by atoms with Crippen LogP contribution in [0.4, 0.5) is 0 Å². The van der Waals surface area contributed by atoms with Crippen LogP contribution in [-0.4, -0.2) is 32.8 Å². The maximum atomic E-state index is 9.95. The van der Waals surface area contributed by atoms with E-state index in [-0.39, 0.29) is 35.9 Å². The van der Waals surface area contributed by atoms with Gasteiger partial charge in [0, 0.05) is 0 Å². The summed E-state index contributed by atoms with van der Waals surface area (Å²) in [6.45, 7) is 22.7. The molecule has 0 radical (unpaired) electrons. The van der Waals surface area contributed by atoms with E-state index in [0.717, 1.165) is 38.5 Å². The monoisotopic (exact) mass is 664 g/mol. The van der Waals surface area contributed by atoms with Gasteiger partial charge in [0.1, 0.15) is 0 Å². The van der Waals surface area contributed by atoms with Crippen molar-refractivity contribution < 1.29 is 28.6 Å². The zero-order chi connectivity index (χ0) is 34.1. The van der Waals surface area contributed by atoms with Crippen LogP contribution in [0.2, 0.25) is 0 Å². The Hall–Kier alpha value is -0.940.